The van der Waals surface area contributed by atoms with E-state index in [0.717, 1.165) is 51.6 Å². The average molecular weight is 361 g/mol. The fourth-order valence-electron chi connectivity index (χ4n) is 3.31. The van der Waals surface area contributed by atoms with Crippen LogP contribution in [0.5, 0.6) is 0 Å². The molecule has 0 spiro atoms. The molecule has 0 aliphatic carbocycles. The van der Waals surface area contributed by atoms with E-state index in [1.54, 1.807) is 0 Å². The lowest BCUT2D eigenvalue weighted by molar-refractivity contribution is -0.0250. The number of hydrogen-bond donors (Lipinski definition) is 2. The summed E-state index contributed by atoms with van der Waals surface area (Å²) < 4.78 is 6.12. The molecule has 0 amide bonds. The fourth-order valence-corrected chi connectivity index (χ4v) is 3.31. The Kier molecular flexibility index (Phi) is 8.92. The molecule has 1 fully saturated rings. The van der Waals surface area contributed by atoms with E-state index in [4.69, 9.17) is 9.73 Å². The fraction of sp³-hybridized carbons (Fsp3) is 0.667. The van der Waals surface area contributed by atoms with Gasteiger partial charge in [0.05, 0.1) is 6.10 Å². The summed E-state index contributed by atoms with van der Waals surface area (Å²) in [7, 11) is 4.21. The van der Waals surface area contributed by atoms with Gasteiger partial charge >= 0.3 is 0 Å². The van der Waals surface area contributed by atoms with Crippen molar-refractivity contribution in [3.05, 3.63) is 35.4 Å². The second kappa shape index (κ2) is 11.2. The summed E-state index contributed by atoms with van der Waals surface area (Å²) in [6, 6.07) is 8.74. The maximum Gasteiger partial charge on any atom is 0.191 e. The minimum Gasteiger partial charge on any atom is -0.373 e. The van der Waals surface area contributed by atoms with Gasteiger partial charge in [0, 0.05) is 32.2 Å². The molecular weight excluding hydrogens is 324 g/mol. The molecule has 5 nitrogen and oxygen atoms in total. The van der Waals surface area contributed by atoms with Crippen LogP contribution in [0.1, 0.15) is 43.4 Å². The first-order chi connectivity index (χ1) is 12.6. The third-order valence-corrected chi connectivity index (χ3v) is 4.75. The van der Waals surface area contributed by atoms with Crippen molar-refractivity contribution in [3.63, 3.8) is 0 Å². The Balaban J connectivity index is 1.94. The minimum absolute atomic E-state index is 0.157. The van der Waals surface area contributed by atoms with Gasteiger partial charge in [0.15, 0.2) is 5.96 Å². The van der Waals surface area contributed by atoms with Crippen molar-refractivity contribution in [3.8, 4) is 0 Å². The van der Waals surface area contributed by atoms with Gasteiger partial charge in [-0.3, -0.25) is 4.99 Å². The highest BCUT2D eigenvalue weighted by Gasteiger charge is 2.27. The molecule has 1 aliphatic heterocycles. The zero-order chi connectivity index (χ0) is 18.8. The molecule has 0 saturated carbocycles. The van der Waals surface area contributed by atoms with Crippen molar-refractivity contribution < 1.29 is 4.74 Å². The van der Waals surface area contributed by atoms with E-state index < -0.39 is 0 Å². The molecule has 0 bridgehead atoms. The van der Waals surface area contributed by atoms with Gasteiger partial charge in [0.25, 0.3) is 0 Å². The van der Waals surface area contributed by atoms with Crippen LogP contribution in [0.2, 0.25) is 0 Å². The summed E-state index contributed by atoms with van der Waals surface area (Å²) >= 11 is 0. The Morgan fingerprint density at radius 3 is 2.69 bits per heavy atom. The van der Waals surface area contributed by atoms with E-state index in [1.165, 1.54) is 17.5 Å². The normalized spacial score (nSPS) is 21.0. The van der Waals surface area contributed by atoms with Gasteiger partial charge in [-0.05, 0) is 59.3 Å². The molecule has 1 saturated heterocycles. The van der Waals surface area contributed by atoms with Crippen LogP contribution < -0.4 is 10.6 Å². The van der Waals surface area contributed by atoms with Crippen LogP contribution in [0.3, 0.4) is 0 Å². The van der Waals surface area contributed by atoms with E-state index in [0.29, 0.717) is 5.92 Å². The van der Waals surface area contributed by atoms with Crippen molar-refractivity contribution >= 4 is 5.96 Å². The third kappa shape index (κ3) is 6.96. The molecule has 2 N–H and O–H groups in total. The summed E-state index contributed by atoms with van der Waals surface area (Å²) in [5.74, 6) is 1.35. The second-order valence-electron chi connectivity index (χ2n) is 7.41. The van der Waals surface area contributed by atoms with Crippen molar-refractivity contribution in [2.45, 2.75) is 39.2 Å². The van der Waals surface area contributed by atoms with Crippen LogP contribution in [0.25, 0.3) is 0 Å². The number of ether oxygens (including phenoxy) is 1. The highest BCUT2D eigenvalue weighted by Crippen LogP contribution is 2.33. The molecule has 1 aromatic carbocycles. The lowest BCUT2D eigenvalue weighted by Crippen LogP contribution is -2.39. The molecular formula is C21H36N4O. The van der Waals surface area contributed by atoms with Crippen LogP contribution in [-0.2, 0) is 4.74 Å². The summed E-state index contributed by atoms with van der Waals surface area (Å²) in [6.07, 6.45) is 3.55. The zero-order valence-electron chi connectivity index (χ0n) is 16.9. The molecule has 2 atom stereocenters. The van der Waals surface area contributed by atoms with E-state index in [2.05, 4.69) is 67.7 Å². The third-order valence-electron chi connectivity index (χ3n) is 4.75. The van der Waals surface area contributed by atoms with Crippen LogP contribution >= 0.6 is 0 Å². The topological polar surface area (TPSA) is 48.9 Å². The summed E-state index contributed by atoms with van der Waals surface area (Å²) in [5.41, 5.74) is 2.56. The molecule has 2 rings (SSSR count). The van der Waals surface area contributed by atoms with Crippen LogP contribution in [-0.4, -0.2) is 57.7 Å². The van der Waals surface area contributed by atoms with Gasteiger partial charge in [-0.2, -0.15) is 0 Å². The Labute approximate surface area is 159 Å². The largest absolute Gasteiger partial charge is 0.373 e. The maximum atomic E-state index is 6.12. The summed E-state index contributed by atoms with van der Waals surface area (Å²) in [5, 5.41) is 6.81. The van der Waals surface area contributed by atoms with E-state index in [1.807, 2.05) is 0 Å². The molecule has 1 aliphatic rings. The van der Waals surface area contributed by atoms with Crippen LogP contribution in [0.15, 0.2) is 29.3 Å². The van der Waals surface area contributed by atoms with Crippen molar-refractivity contribution in [2.75, 3.05) is 46.9 Å². The predicted octanol–water partition coefficient (Wildman–Crippen LogP) is 2.97. The lowest BCUT2D eigenvalue weighted by atomic mass is 9.89. The lowest BCUT2D eigenvalue weighted by Gasteiger charge is -2.31. The smallest absolute Gasteiger partial charge is 0.191 e. The number of aryl methyl sites for hydroxylation is 1. The molecule has 1 heterocycles. The molecule has 5 heteroatoms. The van der Waals surface area contributed by atoms with Gasteiger partial charge in [-0.1, -0.05) is 29.8 Å². The first-order valence-corrected chi connectivity index (χ1v) is 9.95. The monoisotopic (exact) mass is 360 g/mol. The summed E-state index contributed by atoms with van der Waals surface area (Å²) in [6.45, 7) is 8.77. The molecule has 26 heavy (non-hydrogen) atoms. The number of hydrogen-bond acceptors (Lipinski definition) is 3. The Bertz CT molecular complexity index is 541. The number of rotatable bonds is 8. The van der Waals surface area contributed by atoms with Crippen molar-refractivity contribution in [1.82, 2.24) is 15.5 Å². The first-order valence-electron chi connectivity index (χ1n) is 9.95. The number of aliphatic imine (C=N–C) groups is 1. The zero-order valence-corrected chi connectivity index (χ0v) is 16.9. The Morgan fingerprint density at radius 1 is 1.23 bits per heavy atom. The molecule has 146 valence electrons. The first kappa shape index (κ1) is 20.7. The minimum atomic E-state index is 0.157. The van der Waals surface area contributed by atoms with E-state index >= 15 is 0 Å². The van der Waals surface area contributed by atoms with Gasteiger partial charge < -0.3 is 20.3 Å². The summed E-state index contributed by atoms with van der Waals surface area (Å²) in [4.78, 5) is 7.05. The Hall–Kier alpha value is -1.59. The average Bonchev–Trinajstić information content (AvgIpc) is 2.64. The number of guanidine groups is 1. The molecule has 2 unspecified atom stereocenters. The number of benzene rings is 1. The van der Waals surface area contributed by atoms with Gasteiger partial charge in [-0.25, -0.2) is 0 Å². The van der Waals surface area contributed by atoms with Crippen molar-refractivity contribution in [1.29, 1.82) is 0 Å². The predicted molar refractivity (Wildman–Crippen MR) is 110 cm³/mol. The molecule has 1 aromatic rings. The van der Waals surface area contributed by atoms with E-state index in [-0.39, 0.29) is 6.10 Å². The maximum absolute atomic E-state index is 6.12. The molecule has 0 radical (unpaired) electrons. The quantitative estimate of drug-likeness (QED) is 0.425. The number of nitrogens with zero attached hydrogens (tertiary/aromatic N) is 2. The van der Waals surface area contributed by atoms with Gasteiger partial charge in [0.1, 0.15) is 0 Å². The highest BCUT2D eigenvalue weighted by molar-refractivity contribution is 5.79. The molecule has 0 aromatic heterocycles. The van der Waals surface area contributed by atoms with Crippen molar-refractivity contribution in [2.24, 2.45) is 10.9 Å². The van der Waals surface area contributed by atoms with E-state index in [9.17, 15) is 0 Å². The van der Waals surface area contributed by atoms with Gasteiger partial charge in [0.2, 0.25) is 0 Å². The number of nitrogens with one attached hydrogen (secondary N) is 2. The van der Waals surface area contributed by atoms with Crippen LogP contribution in [0, 0.1) is 12.8 Å². The Morgan fingerprint density at radius 2 is 2.00 bits per heavy atom. The van der Waals surface area contributed by atoms with Crippen LogP contribution in [0.4, 0.5) is 0 Å². The SMILES string of the molecule is CCNC(=NCC1CCCOC1c1ccc(C)cc1)NCCCN(C)C. The highest BCUT2D eigenvalue weighted by atomic mass is 16.5. The standard InChI is InChI=1S/C21H36N4O/c1-5-22-21(23-13-7-14-25(3)4)24-16-19-8-6-15-26-20(19)18-11-9-17(2)10-12-18/h9-12,19-20H,5-8,13-16H2,1-4H3,(H2,22,23,24). The van der Waals surface area contributed by atoms with Gasteiger partial charge in [-0.15, -0.1) is 0 Å². The second-order valence-corrected chi connectivity index (χ2v) is 7.41.